The number of ether oxygens (including phenoxy) is 1. The minimum absolute atomic E-state index is 0.683. The molecular formula is C13H18NO. The molecule has 1 aliphatic rings. The van der Waals surface area contributed by atoms with Crippen LogP contribution in [0.25, 0.3) is 0 Å². The molecule has 2 rings (SSSR count). The van der Waals surface area contributed by atoms with Crippen molar-refractivity contribution in [3.63, 3.8) is 0 Å². The van der Waals surface area contributed by atoms with Crippen LogP contribution in [0.4, 0.5) is 0 Å². The summed E-state index contributed by atoms with van der Waals surface area (Å²) >= 11 is 0. The van der Waals surface area contributed by atoms with E-state index in [1.54, 1.807) is 0 Å². The zero-order chi connectivity index (χ0) is 10.3. The fraction of sp³-hybridized carbons (Fsp3) is 0.462. The molecule has 1 atom stereocenters. The molecule has 0 spiro atoms. The number of para-hydroxylation sites is 1. The summed E-state index contributed by atoms with van der Waals surface area (Å²) < 4.78 is 5.66. The average Bonchev–Trinajstić information content (AvgIpc) is 2.32. The summed E-state index contributed by atoms with van der Waals surface area (Å²) in [7, 11) is 0. The Balaban J connectivity index is 1.66. The molecule has 0 aliphatic carbocycles. The number of rotatable bonds is 4. The van der Waals surface area contributed by atoms with Crippen molar-refractivity contribution in [2.75, 3.05) is 19.7 Å². The van der Waals surface area contributed by atoms with Crippen molar-refractivity contribution in [1.29, 1.82) is 0 Å². The first-order valence-electron chi connectivity index (χ1n) is 5.67. The maximum absolute atomic E-state index is 5.66. The first-order valence-corrected chi connectivity index (χ1v) is 5.67. The highest BCUT2D eigenvalue weighted by Gasteiger charge is 2.12. The van der Waals surface area contributed by atoms with Gasteiger partial charge in [0, 0.05) is 0 Å². The van der Waals surface area contributed by atoms with Crippen LogP contribution < -0.4 is 10.1 Å². The highest BCUT2D eigenvalue weighted by atomic mass is 16.5. The van der Waals surface area contributed by atoms with E-state index in [0.29, 0.717) is 5.92 Å². The zero-order valence-electron chi connectivity index (χ0n) is 8.99. The van der Waals surface area contributed by atoms with Crippen LogP contribution >= 0.6 is 0 Å². The summed E-state index contributed by atoms with van der Waals surface area (Å²) in [6.45, 7) is 3.06. The normalized spacial score (nSPS) is 21.2. The number of hydrogen-bond acceptors (Lipinski definition) is 2. The monoisotopic (exact) mass is 204 g/mol. The van der Waals surface area contributed by atoms with Gasteiger partial charge in [0.05, 0.1) is 6.61 Å². The highest BCUT2D eigenvalue weighted by Crippen LogP contribution is 2.14. The molecule has 0 aromatic heterocycles. The van der Waals surface area contributed by atoms with Crippen LogP contribution in [0.1, 0.15) is 12.8 Å². The van der Waals surface area contributed by atoms with Crippen LogP contribution in [0, 0.1) is 12.3 Å². The quantitative estimate of drug-likeness (QED) is 0.812. The van der Waals surface area contributed by atoms with Crippen LogP contribution in [-0.4, -0.2) is 19.7 Å². The van der Waals surface area contributed by atoms with E-state index in [-0.39, 0.29) is 0 Å². The van der Waals surface area contributed by atoms with E-state index in [4.69, 9.17) is 4.74 Å². The van der Waals surface area contributed by atoms with Crippen molar-refractivity contribution in [3.8, 4) is 5.75 Å². The summed E-state index contributed by atoms with van der Waals surface area (Å²) in [6.07, 6.45) is 4.71. The SMILES string of the molecule is [CH]1CCNCC1CCOc1ccccc1. The average molecular weight is 204 g/mol. The number of benzene rings is 1. The van der Waals surface area contributed by atoms with E-state index in [1.165, 1.54) is 6.42 Å². The molecular weight excluding hydrogens is 186 g/mol. The first-order chi connectivity index (χ1) is 7.45. The molecule has 1 fully saturated rings. The molecule has 0 saturated carbocycles. The van der Waals surface area contributed by atoms with Crippen LogP contribution in [-0.2, 0) is 0 Å². The molecule has 1 aromatic carbocycles. The van der Waals surface area contributed by atoms with Crippen LogP contribution in [0.2, 0.25) is 0 Å². The van der Waals surface area contributed by atoms with E-state index in [2.05, 4.69) is 11.7 Å². The molecule has 2 heteroatoms. The van der Waals surface area contributed by atoms with Gasteiger partial charge in [0.1, 0.15) is 5.75 Å². The zero-order valence-corrected chi connectivity index (χ0v) is 8.99. The van der Waals surface area contributed by atoms with Gasteiger partial charge in [0.2, 0.25) is 0 Å². The fourth-order valence-electron chi connectivity index (χ4n) is 1.86. The Kier molecular flexibility index (Phi) is 4.03. The summed E-state index contributed by atoms with van der Waals surface area (Å²) in [4.78, 5) is 0. The third-order valence-electron chi connectivity index (χ3n) is 2.73. The maximum atomic E-state index is 5.66. The number of nitrogens with one attached hydrogen (secondary N) is 1. The van der Waals surface area contributed by atoms with E-state index >= 15 is 0 Å². The van der Waals surface area contributed by atoms with Crippen molar-refractivity contribution in [2.24, 2.45) is 5.92 Å². The Bertz CT molecular complexity index is 267. The minimum atomic E-state index is 0.683. The maximum Gasteiger partial charge on any atom is 0.119 e. The Hall–Kier alpha value is -1.02. The third kappa shape index (κ3) is 3.56. The Morgan fingerprint density at radius 2 is 2.13 bits per heavy atom. The van der Waals surface area contributed by atoms with Gasteiger partial charge in [-0.25, -0.2) is 0 Å². The molecule has 15 heavy (non-hydrogen) atoms. The Labute approximate surface area is 91.6 Å². The molecule has 1 radical (unpaired) electrons. The lowest BCUT2D eigenvalue weighted by molar-refractivity contribution is 0.277. The summed E-state index contributed by atoms with van der Waals surface area (Å²) in [6, 6.07) is 10.0. The molecule has 1 aliphatic heterocycles. The van der Waals surface area contributed by atoms with Crippen molar-refractivity contribution in [2.45, 2.75) is 12.8 Å². The first kappa shape index (κ1) is 10.5. The summed E-state index contributed by atoms with van der Waals surface area (Å²) in [5.74, 6) is 1.66. The second-order valence-corrected chi connectivity index (χ2v) is 3.94. The summed E-state index contributed by atoms with van der Waals surface area (Å²) in [5.41, 5.74) is 0. The van der Waals surface area contributed by atoms with E-state index in [0.717, 1.165) is 31.9 Å². The van der Waals surface area contributed by atoms with Gasteiger partial charge in [-0.15, -0.1) is 0 Å². The fourth-order valence-corrected chi connectivity index (χ4v) is 1.86. The van der Waals surface area contributed by atoms with Gasteiger partial charge in [0.15, 0.2) is 0 Å². The molecule has 1 unspecified atom stereocenters. The molecule has 1 heterocycles. The van der Waals surface area contributed by atoms with E-state index in [1.807, 2.05) is 30.3 Å². The standard InChI is InChI=1S/C13H18NO/c1-2-6-13(7-3-1)15-10-8-12-5-4-9-14-11-12/h1-3,5-7,12,14H,4,8-11H2. The van der Waals surface area contributed by atoms with Gasteiger partial charge in [-0.3, -0.25) is 0 Å². The third-order valence-corrected chi connectivity index (χ3v) is 2.73. The molecule has 1 aromatic rings. The van der Waals surface area contributed by atoms with E-state index in [9.17, 15) is 0 Å². The smallest absolute Gasteiger partial charge is 0.119 e. The molecule has 0 amide bonds. The van der Waals surface area contributed by atoms with Crippen molar-refractivity contribution < 1.29 is 4.74 Å². The van der Waals surface area contributed by atoms with Crippen LogP contribution in [0.3, 0.4) is 0 Å². The molecule has 81 valence electrons. The number of piperidine rings is 1. The van der Waals surface area contributed by atoms with Crippen molar-refractivity contribution in [3.05, 3.63) is 36.8 Å². The second-order valence-electron chi connectivity index (χ2n) is 3.94. The van der Waals surface area contributed by atoms with Crippen LogP contribution in [0.15, 0.2) is 30.3 Å². The van der Waals surface area contributed by atoms with Gasteiger partial charge in [-0.1, -0.05) is 18.2 Å². The largest absolute Gasteiger partial charge is 0.494 e. The van der Waals surface area contributed by atoms with Gasteiger partial charge >= 0.3 is 0 Å². The lowest BCUT2D eigenvalue weighted by Crippen LogP contribution is -2.31. The van der Waals surface area contributed by atoms with Gasteiger partial charge < -0.3 is 10.1 Å². The van der Waals surface area contributed by atoms with Gasteiger partial charge in [-0.05, 0) is 50.4 Å². The van der Waals surface area contributed by atoms with E-state index < -0.39 is 0 Å². The lowest BCUT2D eigenvalue weighted by Gasteiger charge is -2.22. The lowest BCUT2D eigenvalue weighted by atomic mass is 9.97. The predicted octanol–water partition coefficient (Wildman–Crippen LogP) is 2.27. The highest BCUT2D eigenvalue weighted by molar-refractivity contribution is 5.20. The number of hydrogen-bond donors (Lipinski definition) is 1. The predicted molar refractivity (Wildman–Crippen MR) is 61.8 cm³/mol. The van der Waals surface area contributed by atoms with Gasteiger partial charge in [0.25, 0.3) is 0 Å². The Morgan fingerprint density at radius 1 is 1.27 bits per heavy atom. The second kappa shape index (κ2) is 5.76. The molecule has 1 N–H and O–H groups in total. The van der Waals surface area contributed by atoms with Crippen molar-refractivity contribution >= 4 is 0 Å². The molecule has 0 bridgehead atoms. The van der Waals surface area contributed by atoms with Crippen LogP contribution in [0.5, 0.6) is 5.75 Å². The van der Waals surface area contributed by atoms with Crippen molar-refractivity contribution in [1.82, 2.24) is 5.32 Å². The molecule has 2 nitrogen and oxygen atoms in total. The van der Waals surface area contributed by atoms with Gasteiger partial charge in [-0.2, -0.15) is 0 Å². The minimum Gasteiger partial charge on any atom is -0.494 e. The Morgan fingerprint density at radius 3 is 2.87 bits per heavy atom. The molecule has 1 saturated heterocycles. The summed E-state index contributed by atoms with van der Waals surface area (Å²) in [5, 5.41) is 3.40. The topological polar surface area (TPSA) is 21.3 Å².